The molecular weight excluding hydrogens is 292 g/mol. The molecule has 0 saturated heterocycles. The van der Waals surface area contributed by atoms with Gasteiger partial charge in [0.2, 0.25) is 11.2 Å². The van der Waals surface area contributed by atoms with Crippen LogP contribution in [-0.2, 0) is 0 Å². The Kier molecular flexibility index (Phi) is 3.54. The Morgan fingerprint density at radius 2 is 1.83 bits per heavy atom. The number of nitrogens with zero attached hydrogens (tertiary/aromatic N) is 2. The molecule has 0 fully saturated rings. The lowest BCUT2D eigenvalue weighted by Gasteiger charge is -2.00. The molecule has 0 aliphatic heterocycles. The van der Waals surface area contributed by atoms with Gasteiger partial charge in [0, 0.05) is 16.1 Å². The summed E-state index contributed by atoms with van der Waals surface area (Å²) in [4.78, 5) is 15.4. The van der Waals surface area contributed by atoms with Crippen molar-refractivity contribution in [2.45, 2.75) is 6.92 Å². The number of carbonyl (C=O) groups excluding carboxylic acids is 1. The minimum Gasteiger partial charge on any atom is -0.288 e. The molecule has 0 N–H and O–H groups in total. The highest BCUT2D eigenvalue weighted by Crippen LogP contribution is 2.24. The van der Waals surface area contributed by atoms with Crippen molar-refractivity contribution in [3.8, 4) is 0 Å². The standard InChI is InChI=1S/C14H10BrN2O/c1-9-2-7-13(17-16)12(8-9)14(18)10-3-5-11(15)6-4-10/h2-8H,1H3/q+1. The minimum absolute atomic E-state index is 0.154. The van der Waals surface area contributed by atoms with Gasteiger partial charge in [-0.15, -0.1) is 0 Å². The number of hydrogen-bond donors (Lipinski definition) is 0. The summed E-state index contributed by atoms with van der Waals surface area (Å²) in [5.74, 6) is -0.154. The molecule has 0 spiro atoms. The largest absolute Gasteiger partial charge is 0.396 e. The number of ketones is 1. The Morgan fingerprint density at radius 3 is 2.44 bits per heavy atom. The molecule has 4 heteroatoms. The van der Waals surface area contributed by atoms with E-state index < -0.39 is 0 Å². The van der Waals surface area contributed by atoms with Crippen LogP contribution in [-0.4, -0.2) is 5.78 Å². The summed E-state index contributed by atoms with van der Waals surface area (Å²) >= 11 is 3.32. The topological polar surface area (TPSA) is 45.2 Å². The molecule has 0 aliphatic carbocycles. The van der Waals surface area contributed by atoms with E-state index in [-0.39, 0.29) is 11.5 Å². The van der Waals surface area contributed by atoms with Gasteiger partial charge in [-0.1, -0.05) is 22.0 Å². The van der Waals surface area contributed by atoms with Crippen LogP contribution in [0.1, 0.15) is 21.5 Å². The first-order valence-corrected chi connectivity index (χ1v) is 6.17. The van der Waals surface area contributed by atoms with Gasteiger partial charge in [-0.3, -0.25) is 4.79 Å². The zero-order chi connectivity index (χ0) is 13.1. The Bertz CT molecular complexity index is 642. The number of halogens is 1. The van der Waals surface area contributed by atoms with E-state index in [9.17, 15) is 4.79 Å². The van der Waals surface area contributed by atoms with Crippen molar-refractivity contribution in [3.63, 3.8) is 0 Å². The van der Waals surface area contributed by atoms with Crippen molar-refractivity contribution in [1.82, 2.24) is 0 Å². The normalized spacial score (nSPS) is 9.83. The maximum absolute atomic E-state index is 12.3. The van der Waals surface area contributed by atoms with Crippen LogP contribution >= 0.6 is 15.9 Å². The van der Waals surface area contributed by atoms with Crippen LogP contribution in [0.5, 0.6) is 0 Å². The summed E-state index contributed by atoms with van der Waals surface area (Å²) in [7, 11) is 0. The van der Waals surface area contributed by atoms with Gasteiger partial charge >= 0.3 is 5.69 Å². The van der Waals surface area contributed by atoms with Crippen molar-refractivity contribution in [1.29, 1.82) is 5.39 Å². The summed E-state index contributed by atoms with van der Waals surface area (Å²) in [5, 5.41) is 8.91. The Labute approximate surface area is 113 Å². The lowest BCUT2D eigenvalue weighted by molar-refractivity contribution is 0.103. The van der Waals surface area contributed by atoms with Crippen molar-refractivity contribution < 1.29 is 4.79 Å². The monoisotopic (exact) mass is 301 g/mol. The molecule has 2 rings (SSSR count). The summed E-state index contributed by atoms with van der Waals surface area (Å²) < 4.78 is 0.912. The highest BCUT2D eigenvalue weighted by molar-refractivity contribution is 9.10. The Hall–Kier alpha value is -1.99. The van der Waals surface area contributed by atoms with Gasteiger partial charge in [-0.05, 0) is 42.8 Å². The van der Waals surface area contributed by atoms with E-state index >= 15 is 0 Å². The van der Waals surface area contributed by atoms with E-state index in [0.29, 0.717) is 11.1 Å². The smallest absolute Gasteiger partial charge is 0.288 e. The molecule has 0 unspecified atom stereocenters. The molecule has 0 heterocycles. The fourth-order valence-electron chi connectivity index (χ4n) is 1.68. The van der Waals surface area contributed by atoms with Crippen LogP contribution in [0.15, 0.2) is 46.9 Å². The molecule has 2 aromatic carbocycles. The third-order valence-corrected chi connectivity index (χ3v) is 3.14. The SMILES string of the molecule is Cc1ccc([N+]#N)c(C(=O)c2ccc(Br)cc2)c1. The maximum atomic E-state index is 12.3. The first-order chi connectivity index (χ1) is 8.61. The number of rotatable bonds is 2. The number of diazo groups is 1. The van der Waals surface area contributed by atoms with Crippen LogP contribution in [0.2, 0.25) is 0 Å². The number of benzene rings is 2. The van der Waals surface area contributed by atoms with E-state index in [1.807, 2.05) is 6.92 Å². The molecule has 3 nitrogen and oxygen atoms in total. The van der Waals surface area contributed by atoms with E-state index in [1.54, 1.807) is 42.5 Å². The molecule has 88 valence electrons. The van der Waals surface area contributed by atoms with Crippen LogP contribution in [0.25, 0.3) is 4.98 Å². The van der Waals surface area contributed by atoms with Gasteiger partial charge in [-0.25, -0.2) is 0 Å². The number of hydrogen-bond acceptors (Lipinski definition) is 2. The van der Waals surface area contributed by atoms with Crippen LogP contribution in [0.4, 0.5) is 5.69 Å². The fourth-order valence-corrected chi connectivity index (χ4v) is 1.94. The van der Waals surface area contributed by atoms with E-state index in [2.05, 4.69) is 20.9 Å². The fraction of sp³-hybridized carbons (Fsp3) is 0.0714. The van der Waals surface area contributed by atoms with Crippen molar-refractivity contribution in [2.75, 3.05) is 0 Å². The van der Waals surface area contributed by atoms with E-state index in [1.165, 1.54) is 0 Å². The Balaban J connectivity index is 2.49. The first-order valence-electron chi connectivity index (χ1n) is 5.38. The zero-order valence-electron chi connectivity index (χ0n) is 9.72. The van der Waals surface area contributed by atoms with Gasteiger partial charge in [0.15, 0.2) is 4.98 Å². The second-order valence-corrected chi connectivity index (χ2v) is 4.87. The third-order valence-electron chi connectivity index (χ3n) is 2.61. The van der Waals surface area contributed by atoms with Crippen molar-refractivity contribution >= 4 is 27.4 Å². The summed E-state index contributed by atoms with van der Waals surface area (Å²) in [6, 6.07) is 12.2. The second kappa shape index (κ2) is 5.11. The highest BCUT2D eigenvalue weighted by Gasteiger charge is 2.21. The average Bonchev–Trinajstić information content (AvgIpc) is 2.39. The molecule has 0 bridgehead atoms. The molecule has 0 amide bonds. The van der Waals surface area contributed by atoms with Crippen molar-refractivity contribution in [3.05, 3.63) is 68.6 Å². The lowest BCUT2D eigenvalue weighted by atomic mass is 10.00. The van der Waals surface area contributed by atoms with Gasteiger partial charge in [0.05, 0.1) is 0 Å². The van der Waals surface area contributed by atoms with Crippen LogP contribution in [0, 0.1) is 12.3 Å². The number of aryl methyl sites for hydroxylation is 1. The second-order valence-electron chi connectivity index (χ2n) is 3.96. The van der Waals surface area contributed by atoms with E-state index in [4.69, 9.17) is 5.39 Å². The first kappa shape index (κ1) is 12.5. The van der Waals surface area contributed by atoms with Gasteiger partial charge in [-0.2, -0.15) is 0 Å². The summed E-state index contributed by atoms with van der Waals surface area (Å²) in [6.45, 7) is 1.89. The molecule has 0 aromatic heterocycles. The zero-order valence-corrected chi connectivity index (χ0v) is 11.3. The molecule has 0 radical (unpaired) electrons. The molecular formula is C14H10BrN2O+. The lowest BCUT2D eigenvalue weighted by Crippen LogP contribution is -2.01. The predicted molar refractivity (Wildman–Crippen MR) is 73.5 cm³/mol. The third kappa shape index (κ3) is 2.47. The summed E-state index contributed by atoms with van der Waals surface area (Å²) in [6.07, 6.45) is 0. The van der Waals surface area contributed by atoms with Crippen LogP contribution < -0.4 is 0 Å². The minimum atomic E-state index is -0.154. The maximum Gasteiger partial charge on any atom is 0.396 e. The summed E-state index contributed by atoms with van der Waals surface area (Å²) in [5.41, 5.74) is 2.20. The van der Waals surface area contributed by atoms with Gasteiger partial charge in [0.25, 0.3) is 0 Å². The van der Waals surface area contributed by atoms with Gasteiger partial charge < -0.3 is 0 Å². The molecule has 0 saturated carbocycles. The number of carbonyl (C=O) groups is 1. The van der Waals surface area contributed by atoms with Crippen LogP contribution in [0.3, 0.4) is 0 Å². The molecule has 2 aromatic rings. The molecule has 18 heavy (non-hydrogen) atoms. The molecule has 0 aliphatic rings. The van der Waals surface area contributed by atoms with Crippen molar-refractivity contribution in [2.24, 2.45) is 0 Å². The average molecular weight is 302 g/mol. The predicted octanol–water partition coefficient (Wildman–Crippen LogP) is 4.47. The van der Waals surface area contributed by atoms with E-state index in [0.717, 1.165) is 10.0 Å². The quantitative estimate of drug-likeness (QED) is 0.606. The van der Waals surface area contributed by atoms with Gasteiger partial charge in [0.1, 0.15) is 5.56 Å². The Morgan fingerprint density at radius 1 is 1.17 bits per heavy atom. The highest BCUT2D eigenvalue weighted by atomic mass is 79.9. The molecule has 0 atom stereocenters.